The summed E-state index contributed by atoms with van der Waals surface area (Å²) in [6.07, 6.45) is 14.9. The summed E-state index contributed by atoms with van der Waals surface area (Å²) in [4.78, 5) is 0. The van der Waals surface area contributed by atoms with Gasteiger partial charge in [0, 0.05) is 6.10 Å². The Hall–Kier alpha value is 0.757. The molecule has 1 atom stereocenters. The van der Waals surface area contributed by atoms with Gasteiger partial charge >= 0.3 is 0 Å². The van der Waals surface area contributed by atoms with Gasteiger partial charge in [-0.25, -0.2) is 0 Å². The van der Waals surface area contributed by atoms with Crippen molar-refractivity contribution in [2.75, 3.05) is 0 Å². The van der Waals surface area contributed by atoms with Crippen LogP contribution in [0.2, 0.25) is 13.1 Å². The van der Waals surface area contributed by atoms with E-state index in [0.717, 1.165) is 12.8 Å². The van der Waals surface area contributed by atoms with Crippen molar-refractivity contribution in [2.45, 2.75) is 108 Å². The molecule has 0 heterocycles. The van der Waals surface area contributed by atoms with Gasteiger partial charge in [0.05, 0.1) is 0 Å². The third kappa shape index (κ3) is 11.9. The van der Waals surface area contributed by atoms with E-state index in [1.165, 1.54) is 57.8 Å². The molecule has 4 heteroatoms. The second kappa shape index (κ2) is 13.2. The zero-order valence-electron chi connectivity index (χ0n) is 14.6. The maximum Gasteiger partial charge on any atom is 0.220 e. The van der Waals surface area contributed by atoms with Crippen LogP contribution in [0.4, 0.5) is 0 Å². The largest absolute Gasteiger partial charge is 0.412 e. The molecule has 0 saturated carbocycles. The molecule has 0 saturated heterocycles. The van der Waals surface area contributed by atoms with Crippen molar-refractivity contribution >= 4 is 31.5 Å². The van der Waals surface area contributed by atoms with Crippen molar-refractivity contribution in [2.24, 2.45) is 0 Å². The molecule has 1 unspecified atom stereocenters. The summed E-state index contributed by atoms with van der Waals surface area (Å²) in [6.45, 7) is 8.68. The molecule has 0 rings (SSSR count). The fourth-order valence-electron chi connectivity index (χ4n) is 2.51. The van der Waals surface area contributed by atoms with Crippen molar-refractivity contribution in [3.63, 3.8) is 0 Å². The predicted octanol–water partition coefficient (Wildman–Crippen LogP) is 7.25. The molecule has 0 radical (unpaired) electrons. The SMILES string of the molecule is CCCCCCCCCCCC(CC)O[Si](C)(C)C(Cl)Cl. The maximum atomic E-state index is 6.20. The van der Waals surface area contributed by atoms with Crippen molar-refractivity contribution in [1.82, 2.24) is 0 Å². The normalized spacial score (nSPS) is 13.9. The molecule has 1 nitrogen and oxygen atoms in total. The van der Waals surface area contributed by atoms with E-state index in [1.807, 2.05) is 0 Å². The average Bonchev–Trinajstić information content (AvgIpc) is 2.43. The van der Waals surface area contributed by atoms with Gasteiger partial charge in [0.2, 0.25) is 8.32 Å². The van der Waals surface area contributed by atoms with Crippen LogP contribution in [0.1, 0.15) is 84.5 Å². The fourth-order valence-corrected chi connectivity index (χ4v) is 4.07. The Morgan fingerprint density at radius 1 is 0.810 bits per heavy atom. The maximum absolute atomic E-state index is 6.20. The summed E-state index contributed by atoms with van der Waals surface area (Å²) in [5, 5.41) is 0. The number of hydrogen-bond donors (Lipinski definition) is 0. The summed E-state index contributed by atoms with van der Waals surface area (Å²) < 4.78 is 5.86. The van der Waals surface area contributed by atoms with E-state index in [2.05, 4.69) is 26.9 Å². The van der Waals surface area contributed by atoms with Crippen molar-refractivity contribution < 1.29 is 4.43 Å². The number of unbranched alkanes of at least 4 members (excludes halogenated alkanes) is 8. The summed E-state index contributed by atoms with van der Waals surface area (Å²) in [7, 11) is -1.93. The first-order chi connectivity index (χ1) is 9.94. The van der Waals surface area contributed by atoms with Gasteiger partial charge in [0.1, 0.15) is 4.46 Å². The molecule has 0 aliphatic heterocycles. The van der Waals surface area contributed by atoms with Crippen molar-refractivity contribution in [3.05, 3.63) is 0 Å². The lowest BCUT2D eigenvalue weighted by Gasteiger charge is -2.29. The Bertz CT molecular complexity index is 235. The third-order valence-electron chi connectivity index (χ3n) is 4.08. The third-order valence-corrected chi connectivity index (χ3v) is 9.23. The summed E-state index contributed by atoms with van der Waals surface area (Å²) >= 11 is 12.1. The molecule has 128 valence electrons. The van der Waals surface area contributed by atoms with Gasteiger partial charge in [-0.1, -0.05) is 71.6 Å². The van der Waals surface area contributed by atoms with Gasteiger partial charge in [0.15, 0.2) is 0 Å². The van der Waals surface area contributed by atoms with Crippen LogP contribution < -0.4 is 0 Å². The van der Waals surface area contributed by atoms with E-state index in [0.29, 0.717) is 6.10 Å². The zero-order chi connectivity index (χ0) is 16.1. The van der Waals surface area contributed by atoms with Crippen LogP contribution >= 0.6 is 23.2 Å². The minimum absolute atomic E-state index is 0.338. The molecular weight excluding hydrogens is 319 g/mol. The predicted molar refractivity (Wildman–Crippen MR) is 100.0 cm³/mol. The highest BCUT2D eigenvalue weighted by molar-refractivity contribution is 6.88. The highest BCUT2D eigenvalue weighted by atomic mass is 35.5. The second-order valence-electron chi connectivity index (χ2n) is 6.67. The van der Waals surface area contributed by atoms with Crippen LogP contribution in [0.3, 0.4) is 0 Å². The molecule has 0 spiro atoms. The first kappa shape index (κ1) is 21.8. The minimum atomic E-state index is -1.93. The van der Waals surface area contributed by atoms with Gasteiger partial charge < -0.3 is 4.43 Å². The summed E-state index contributed by atoms with van der Waals surface area (Å²) in [5.74, 6) is 0. The van der Waals surface area contributed by atoms with Gasteiger partial charge in [-0.05, 0) is 25.9 Å². The Morgan fingerprint density at radius 2 is 1.29 bits per heavy atom. The molecule has 0 amide bonds. The molecule has 0 aromatic rings. The molecule has 0 aliphatic rings. The standard InChI is InChI=1S/C17H36Cl2OSi/c1-5-7-8-9-10-11-12-13-14-15-16(6-2)20-21(3,4)17(18)19/h16-17H,5-15H2,1-4H3. The first-order valence-corrected chi connectivity index (χ1v) is 12.8. The molecule has 21 heavy (non-hydrogen) atoms. The van der Waals surface area contributed by atoms with E-state index in [4.69, 9.17) is 27.6 Å². The van der Waals surface area contributed by atoms with E-state index in [1.54, 1.807) is 0 Å². The number of halogens is 2. The molecular formula is C17H36Cl2OSi. The second-order valence-corrected chi connectivity index (χ2v) is 12.5. The van der Waals surface area contributed by atoms with Gasteiger partial charge in [-0.15, -0.1) is 23.2 Å². The number of hydrogen-bond acceptors (Lipinski definition) is 1. The monoisotopic (exact) mass is 354 g/mol. The van der Waals surface area contributed by atoms with Crippen molar-refractivity contribution in [3.8, 4) is 0 Å². The van der Waals surface area contributed by atoms with Gasteiger partial charge in [-0.2, -0.15) is 0 Å². The van der Waals surface area contributed by atoms with Gasteiger partial charge in [-0.3, -0.25) is 0 Å². The molecule has 0 aromatic carbocycles. The molecule has 0 N–H and O–H groups in total. The van der Waals surface area contributed by atoms with Crippen LogP contribution in [0.25, 0.3) is 0 Å². The molecule has 0 fully saturated rings. The number of rotatable bonds is 14. The van der Waals surface area contributed by atoms with Crippen molar-refractivity contribution in [1.29, 1.82) is 0 Å². The van der Waals surface area contributed by atoms with E-state index in [-0.39, 0.29) is 4.46 Å². The topological polar surface area (TPSA) is 9.23 Å². The van der Waals surface area contributed by atoms with E-state index < -0.39 is 8.32 Å². The quantitative estimate of drug-likeness (QED) is 0.181. The van der Waals surface area contributed by atoms with Crippen LogP contribution in [0.5, 0.6) is 0 Å². The Kier molecular flexibility index (Phi) is 13.7. The Balaban J connectivity index is 3.60. The first-order valence-electron chi connectivity index (χ1n) is 8.90. The zero-order valence-corrected chi connectivity index (χ0v) is 17.1. The van der Waals surface area contributed by atoms with Crippen LogP contribution in [-0.4, -0.2) is 18.9 Å². The smallest absolute Gasteiger partial charge is 0.220 e. The van der Waals surface area contributed by atoms with Crippen LogP contribution in [-0.2, 0) is 4.43 Å². The highest BCUT2D eigenvalue weighted by Gasteiger charge is 2.33. The number of alkyl halides is 2. The fraction of sp³-hybridized carbons (Fsp3) is 1.00. The lowest BCUT2D eigenvalue weighted by Crippen LogP contribution is -2.42. The average molecular weight is 355 g/mol. The van der Waals surface area contributed by atoms with Crippen LogP contribution in [0.15, 0.2) is 0 Å². The highest BCUT2D eigenvalue weighted by Crippen LogP contribution is 2.24. The lowest BCUT2D eigenvalue weighted by molar-refractivity contribution is 0.173. The molecule has 0 bridgehead atoms. The minimum Gasteiger partial charge on any atom is -0.412 e. The Morgan fingerprint density at radius 3 is 1.71 bits per heavy atom. The van der Waals surface area contributed by atoms with Crippen LogP contribution in [0, 0.1) is 0 Å². The van der Waals surface area contributed by atoms with E-state index >= 15 is 0 Å². The Labute approximate surface area is 144 Å². The summed E-state index contributed by atoms with van der Waals surface area (Å²) in [6, 6.07) is 0. The molecule has 0 aliphatic carbocycles. The van der Waals surface area contributed by atoms with Gasteiger partial charge in [0.25, 0.3) is 0 Å². The van der Waals surface area contributed by atoms with E-state index in [9.17, 15) is 0 Å². The lowest BCUT2D eigenvalue weighted by atomic mass is 10.0. The summed E-state index contributed by atoms with van der Waals surface area (Å²) in [5.41, 5.74) is 0. The molecule has 0 aromatic heterocycles.